The van der Waals surface area contributed by atoms with Crippen LogP contribution in [-0.2, 0) is 6.54 Å². The van der Waals surface area contributed by atoms with Gasteiger partial charge in [-0.1, -0.05) is 36.4 Å². The highest BCUT2D eigenvalue weighted by Gasteiger charge is 2.39. The highest BCUT2D eigenvalue weighted by atomic mass is 16.2. The van der Waals surface area contributed by atoms with Crippen LogP contribution >= 0.6 is 0 Å². The Kier molecular flexibility index (Phi) is 5.09. The van der Waals surface area contributed by atoms with Crippen molar-refractivity contribution in [3.63, 3.8) is 0 Å². The normalized spacial score (nSPS) is 22.1. The molecule has 0 saturated carbocycles. The number of carbonyl (C=O) groups excluding carboxylic acids is 1. The molecule has 1 amide bonds. The first-order chi connectivity index (χ1) is 14.7. The van der Waals surface area contributed by atoms with Gasteiger partial charge < -0.3 is 4.90 Å². The van der Waals surface area contributed by atoms with Crippen molar-refractivity contribution in [2.24, 2.45) is 5.92 Å². The zero-order valence-corrected chi connectivity index (χ0v) is 17.0. The second-order valence-corrected chi connectivity index (χ2v) is 8.38. The summed E-state index contributed by atoms with van der Waals surface area (Å²) in [6, 6.07) is 16.1. The number of pyridine rings is 1. The molecular formula is C24H26N4O2. The first-order valence-electron chi connectivity index (χ1n) is 10.7. The van der Waals surface area contributed by atoms with Crippen LogP contribution in [0.15, 0.2) is 65.7 Å². The van der Waals surface area contributed by atoms with E-state index in [1.54, 1.807) is 18.3 Å². The van der Waals surface area contributed by atoms with Gasteiger partial charge in [-0.2, -0.15) is 0 Å². The predicted octanol–water partition coefficient (Wildman–Crippen LogP) is 2.82. The van der Waals surface area contributed by atoms with Crippen LogP contribution in [-0.4, -0.2) is 50.8 Å². The molecule has 2 aliphatic rings. The van der Waals surface area contributed by atoms with Gasteiger partial charge in [0.1, 0.15) is 11.2 Å². The summed E-state index contributed by atoms with van der Waals surface area (Å²) in [5, 5.41) is 0. The molecule has 154 valence electrons. The van der Waals surface area contributed by atoms with Gasteiger partial charge in [0.25, 0.3) is 11.5 Å². The van der Waals surface area contributed by atoms with Crippen molar-refractivity contribution in [3.8, 4) is 0 Å². The van der Waals surface area contributed by atoms with E-state index in [-0.39, 0.29) is 23.1 Å². The molecule has 6 heteroatoms. The molecule has 30 heavy (non-hydrogen) atoms. The molecule has 3 aromatic rings. The van der Waals surface area contributed by atoms with Crippen molar-refractivity contribution >= 4 is 11.6 Å². The van der Waals surface area contributed by atoms with Crippen LogP contribution in [0.3, 0.4) is 0 Å². The fourth-order valence-corrected chi connectivity index (χ4v) is 5.04. The van der Waals surface area contributed by atoms with Gasteiger partial charge in [-0.15, -0.1) is 0 Å². The topological polar surface area (TPSA) is 57.9 Å². The predicted molar refractivity (Wildman–Crippen MR) is 115 cm³/mol. The zero-order valence-electron chi connectivity index (χ0n) is 17.0. The Balaban J connectivity index is 1.34. The third-order valence-corrected chi connectivity index (χ3v) is 6.51. The molecule has 0 unspecified atom stereocenters. The number of likely N-dealkylation sites (tertiary alicyclic amines) is 2. The largest absolute Gasteiger partial charge is 0.335 e. The van der Waals surface area contributed by atoms with Gasteiger partial charge >= 0.3 is 0 Å². The summed E-state index contributed by atoms with van der Waals surface area (Å²) in [4.78, 5) is 35.0. The summed E-state index contributed by atoms with van der Waals surface area (Å²) in [6.45, 7) is 3.64. The monoisotopic (exact) mass is 402 g/mol. The van der Waals surface area contributed by atoms with Crippen LogP contribution in [0.2, 0.25) is 0 Å². The summed E-state index contributed by atoms with van der Waals surface area (Å²) >= 11 is 0. The lowest BCUT2D eigenvalue weighted by molar-refractivity contribution is 0.0182. The third kappa shape index (κ3) is 3.52. The van der Waals surface area contributed by atoms with Gasteiger partial charge in [0, 0.05) is 44.6 Å². The summed E-state index contributed by atoms with van der Waals surface area (Å²) in [6.07, 6.45) is 6.19. The molecule has 0 spiro atoms. The standard InChI is InChI=1S/C24H26N4O2/c29-23(20-15-25-22-10-4-5-12-28(22)24(20)30)27-13-6-9-19-17-26(14-11-21(19)27)16-18-7-2-1-3-8-18/h1-5,7-8,10,12,15,19,21H,6,9,11,13-14,16-17H2/t19-,21+/m1/s1. The molecule has 0 radical (unpaired) electrons. The van der Waals surface area contributed by atoms with Gasteiger partial charge in [-0.3, -0.25) is 18.9 Å². The molecular weight excluding hydrogens is 376 g/mol. The fourth-order valence-electron chi connectivity index (χ4n) is 5.04. The van der Waals surface area contributed by atoms with Crippen LogP contribution in [0.4, 0.5) is 0 Å². The molecule has 6 nitrogen and oxygen atoms in total. The van der Waals surface area contributed by atoms with E-state index in [0.29, 0.717) is 11.6 Å². The number of hydrogen-bond donors (Lipinski definition) is 0. The lowest BCUT2D eigenvalue weighted by Gasteiger charge is -2.47. The summed E-state index contributed by atoms with van der Waals surface area (Å²) in [5.41, 5.74) is 1.78. The second-order valence-electron chi connectivity index (χ2n) is 8.38. The Morgan fingerprint density at radius 2 is 1.87 bits per heavy atom. The number of hydrogen-bond acceptors (Lipinski definition) is 4. The molecule has 4 heterocycles. The minimum atomic E-state index is -0.283. The lowest BCUT2D eigenvalue weighted by atomic mass is 9.83. The Hall–Kier alpha value is -2.99. The fraction of sp³-hybridized carbons (Fsp3) is 0.375. The average Bonchev–Trinajstić information content (AvgIpc) is 2.79. The summed E-state index contributed by atoms with van der Waals surface area (Å²) in [7, 11) is 0. The SMILES string of the molecule is O=C(c1cnc2ccccn2c1=O)N1CCC[C@@H]2CN(Cc3ccccc3)CC[C@@H]21. The Morgan fingerprint density at radius 3 is 2.73 bits per heavy atom. The average molecular weight is 402 g/mol. The maximum atomic E-state index is 13.4. The van der Waals surface area contributed by atoms with E-state index in [0.717, 1.165) is 45.4 Å². The first kappa shape index (κ1) is 19.0. The number of fused-ring (bicyclic) bond motifs is 2. The van der Waals surface area contributed by atoms with Gasteiger partial charge in [0.05, 0.1) is 0 Å². The smallest absolute Gasteiger partial charge is 0.270 e. The molecule has 2 saturated heterocycles. The van der Waals surface area contributed by atoms with E-state index < -0.39 is 0 Å². The van der Waals surface area contributed by atoms with Crippen molar-refractivity contribution in [2.45, 2.75) is 31.8 Å². The maximum absolute atomic E-state index is 13.4. The number of rotatable bonds is 3. The van der Waals surface area contributed by atoms with Gasteiger partial charge in [-0.25, -0.2) is 4.98 Å². The van der Waals surface area contributed by atoms with Gasteiger partial charge in [0.15, 0.2) is 0 Å². The Bertz CT molecular complexity index is 1110. The molecule has 0 N–H and O–H groups in total. The number of piperidine rings is 2. The second kappa shape index (κ2) is 8.03. The summed E-state index contributed by atoms with van der Waals surface area (Å²) < 4.78 is 1.46. The van der Waals surface area contributed by atoms with E-state index >= 15 is 0 Å². The zero-order chi connectivity index (χ0) is 20.5. The molecule has 5 rings (SSSR count). The third-order valence-electron chi connectivity index (χ3n) is 6.51. The van der Waals surface area contributed by atoms with Crippen molar-refractivity contribution < 1.29 is 4.79 Å². The van der Waals surface area contributed by atoms with Crippen molar-refractivity contribution in [1.82, 2.24) is 19.2 Å². The number of benzene rings is 1. The minimum Gasteiger partial charge on any atom is -0.335 e. The number of carbonyl (C=O) groups is 1. The number of nitrogens with zero attached hydrogens (tertiary/aromatic N) is 4. The van der Waals surface area contributed by atoms with Crippen molar-refractivity contribution in [1.29, 1.82) is 0 Å². The Labute approximate surface area is 175 Å². The molecule has 0 aliphatic carbocycles. The van der Waals surface area contributed by atoms with Crippen LogP contribution in [0.5, 0.6) is 0 Å². The lowest BCUT2D eigenvalue weighted by Crippen LogP contribution is -2.56. The van der Waals surface area contributed by atoms with E-state index in [1.807, 2.05) is 17.0 Å². The Morgan fingerprint density at radius 1 is 1.03 bits per heavy atom. The quantitative estimate of drug-likeness (QED) is 0.676. The first-order valence-corrected chi connectivity index (χ1v) is 10.7. The van der Waals surface area contributed by atoms with Crippen molar-refractivity contribution in [2.75, 3.05) is 19.6 Å². The van der Waals surface area contributed by atoms with Crippen LogP contribution in [0.1, 0.15) is 35.2 Å². The number of aromatic nitrogens is 2. The van der Waals surface area contributed by atoms with Crippen LogP contribution in [0, 0.1) is 5.92 Å². The van der Waals surface area contributed by atoms with Crippen LogP contribution < -0.4 is 5.56 Å². The molecule has 0 bridgehead atoms. The molecule has 1 aromatic carbocycles. The highest BCUT2D eigenvalue weighted by molar-refractivity contribution is 5.94. The van der Waals surface area contributed by atoms with E-state index in [1.165, 1.54) is 16.2 Å². The molecule has 2 fully saturated rings. The molecule has 2 aromatic heterocycles. The van der Waals surface area contributed by atoms with E-state index in [4.69, 9.17) is 0 Å². The van der Waals surface area contributed by atoms with Crippen LogP contribution in [0.25, 0.3) is 5.65 Å². The minimum absolute atomic E-state index is 0.169. The molecule has 2 atom stereocenters. The molecule has 2 aliphatic heterocycles. The van der Waals surface area contributed by atoms with E-state index in [9.17, 15) is 9.59 Å². The summed E-state index contributed by atoms with van der Waals surface area (Å²) in [5.74, 6) is 0.285. The number of amides is 1. The van der Waals surface area contributed by atoms with Gasteiger partial charge in [-0.05, 0) is 42.9 Å². The van der Waals surface area contributed by atoms with Gasteiger partial charge in [0.2, 0.25) is 0 Å². The maximum Gasteiger partial charge on any atom is 0.270 e. The van der Waals surface area contributed by atoms with Crippen molar-refractivity contribution in [3.05, 3.63) is 82.4 Å². The van der Waals surface area contributed by atoms with E-state index in [2.05, 4.69) is 34.1 Å². The highest BCUT2D eigenvalue weighted by Crippen LogP contribution is 2.32.